The monoisotopic (exact) mass is 1270 g/mol. The fourth-order valence-electron chi connectivity index (χ4n) is 10.4. The van der Waals surface area contributed by atoms with Crippen molar-refractivity contribution in [1.29, 1.82) is 0 Å². The van der Waals surface area contributed by atoms with Gasteiger partial charge in [0.2, 0.25) is 53.2 Å². The van der Waals surface area contributed by atoms with Gasteiger partial charge in [-0.1, -0.05) is 119 Å². The Kier molecular flexibility index (Phi) is 30.8. The molecule has 3 aromatic carbocycles. The summed E-state index contributed by atoms with van der Waals surface area (Å²) in [5.74, 6) is -7.50. The number of nitrogens with zero attached hydrogens (tertiary/aromatic N) is 2. The maximum absolute atomic E-state index is 15.0. The average molecular weight is 1270 g/mol. The van der Waals surface area contributed by atoms with Crippen molar-refractivity contribution < 1.29 is 43.2 Å². The number of aromatic nitrogens is 3. The Morgan fingerprint density at radius 3 is 1.45 bits per heavy atom. The van der Waals surface area contributed by atoms with Gasteiger partial charge < -0.3 is 86.9 Å². The van der Waals surface area contributed by atoms with E-state index in [0.717, 1.165) is 10.9 Å². The van der Waals surface area contributed by atoms with Gasteiger partial charge in [0.15, 0.2) is 5.96 Å². The molecule has 27 nitrogen and oxygen atoms in total. The molecule has 5 aromatic rings. The van der Waals surface area contributed by atoms with Gasteiger partial charge in [-0.15, -0.1) is 0 Å². The SMILES string of the molecule is CC[C@H](C)[C@H](NC(=O)[C@H](CCCCN)NC(=O)[C@H](CCCCN)NC(=O)[C@H](Cc1cnc[nH]1)NC(=O)[C@@H](Cc1ccccc1)NC(=O)[C@@H](NC(=O)[C@@H](Cc1ccccc1)NC(=O)[C@@H](Cc1c[nH]c2ccccc12)NC(=O)[C@@H](N)CCCN=C(N)N)[C@@H](C)CC)C(N)=O. The van der Waals surface area contributed by atoms with E-state index < -0.39 is 113 Å². The number of amides is 9. The van der Waals surface area contributed by atoms with Gasteiger partial charge >= 0.3 is 0 Å². The summed E-state index contributed by atoms with van der Waals surface area (Å²) in [7, 11) is 0. The number of benzene rings is 3. The predicted molar refractivity (Wildman–Crippen MR) is 352 cm³/mol. The minimum atomic E-state index is -1.40. The minimum Gasteiger partial charge on any atom is -0.370 e. The Hall–Kier alpha value is -9.21. The van der Waals surface area contributed by atoms with Gasteiger partial charge in [-0.2, -0.15) is 0 Å². The summed E-state index contributed by atoms with van der Waals surface area (Å²) < 4.78 is 0. The van der Waals surface area contributed by atoms with Gasteiger partial charge in [0, 0.05) is 61.2 Å². The van der Waals surface area contributed by atoms with E-state index in [4.69, 9.17) is 34.4 Å². The van der Waals surface area contributed by atoms with E-state index in [0.29, 0.717) is 73.9 Å². The number of unbranched alkanes of at least 4 members (excludes halogenated alkanes) is 2. The number of para-hydroxylation sites is 1. The smallest absolute Gasteiger partial charge is 0.243 e. The first-order chi connectivity index (χ1) is 44.2. The van der Waals surface area contributed by atoms with Crippen molar-refractivity contribution in [3.63, 3.8) is 0 Å². The van der Waals surface area contributed by atoms with Crippen LogP contribution in [0.25, 0.3) is 10.9 Å². The molecular weight excluding hydrogens is 1180 g/mol. The number of hydrogen-bond acceptors (Lipinski definition) is 14. The van der Waals surface area contributed by atoms with Gasteiger partial charge in [-0.05, 0) is 99.0 Å². The summed E-state index contributed by atoms with van der Waals surface area (Å²) in [6, 6.07) is 14.1. The van der Waals surface area contributed by atoms with E-state index in [1.54, 1.807) is 80.7 Å². The number of imidazole rings is 1. The summed E-state index contributed by atoms with van der Waals surface area (Å²) in [6.45, 7) is 8.03. The molecule has 11 atom stereocenters. The van der Waals surface area contributed by atoms with Crippen LogP contribution in [0, 0.1) is 11.8 Å². The van der Waals surface area contributed by atoms with Crippen LogP contribution in [0.15, 0.2) is 109 Å². The third kappa shape index (κ3) is 23.9. The highest BCUT2D eigenvalue weighted by Gasteiger charge is 2.37. The van der Waals surface area contributed by atoms with Crippen molar-refractivity contribution in [2.75, 3.05) is 19.6 Å². The molecule has 0 radical (unpaired) electrons. The molecule has 5 rings (SSSR count). The first-order valence-electron chi connectivity index (χ1n) is 31.7. The quantitative estimate of drug-likeness (QED) is 0.0142. The second-order valence-electron chi connectivity index (χ2n) is 23.4. The molecule has 2 aromatic heterocycles. The lowest BCUT2D eigenvalue weighted by Gasteiger charge is -2.30. The lowest BCUT2D eigenvalue weighted by Crippen LogP contribution is -2.62. The molecule has 0 spiro atoms. The summed E-state index contributed by atoms with van der Waals surface area (Å²) in [6.07, 6.45) is 7.86. The first kappa shape index (κ1) is 73.5. The maximum atomic E-state index is 15.0. The van der Waals surface area contributed by atoms with Gasteiger partial charge in [-0.3, -0.25) is 48.1 Å². The molecule has 22 N–H and O–H groups in total. The van der Waals surface area contributed by atoms with Crippen LogP contribution in [0.4, 0.5) is 0 Å². The minimum absolute atomic E-state index is 0.00377. The number of fused-ring (bicyclic) bond motifs is 1. The van der Waals surface area contributed by atoms with E-state index >= 15 is 0 Å². The number of primary amides is 1. The molecule has 0 unspecified atom stereocenters. The van der Waals surface area contributed by atoms with Crippen LogP contribution in [0.3, 0.4) is 0 Å². The van der Waals surface area contributed by atoms with E-state index in [2.05, 4.69) is 62.5 Å². The number of aromatic amines is 2. The van der Waals surface area contributed by atoms with Crippen LogP contribution in [0.5, 0.6) is 0 Å². The largest absolute Gasteiger partial charge is 0.370 e. The molecule has 0 aliphatic rings. The van der Waals surface area contributed by atoms with Crippen molar-refractivity contribution in [2.24, 2.45) is 51.2 Å². The van der Waals surface area contributed by atoms with Gasteiger partial charge in [-0.25, -0.2) is 4.98 Å². The number of rotatable bonds is 41. The second kappa shape index (κ2) is 38.5. The molecule has 0 bridgehead atoms. The number of nitrogens with one attached hydrogen (secondary N) is 10. The number of guanidine groups is 1. The Balaban J connectivity index is 1.44. The molecule has 0 aliphatic heterocycles. The highest BCUT2D eigenvalue weighted by molar-refractivity contribution is 5.99. The molecule has 0 aliphatic carbocycles. The third-order valence-electron chi connectivity index (χ3n) is 16.2. The molecule has 27 heteroatoms. The third-order valence-corrected chi connectivity index (χ3v) is 16.2. The zero-order valence-electron chi connectivity index (χ0n) is 53.2. The number of H-pyrrole nitrogens is 2. The van der Waals surface area contributed by atoms with Crippen molar-refractivity contribution in [3.8, 4) is 0 Å². The van der Waals surface area contributed by atoms with Crippen molar-refractivity contribution in [2.45, 2.75) is 172 Å². The summed E-state index contributed by atoms with van der Waals surface area (Å²) in [4.78, 5) is 143. The Labute approximate surface area is 537 Å². The van der Waals surface area contributed by atoms with Crippen LogP contribution in [-0.4, -0.2) is 148 Å². The number of hydrogen-bond donors (Lipinski definition) is 16. The molecule has 0 fully saturated rings. The van der Waals surface area contributed by atoms with E-state index in [-0.39, 0.29) is 69.9 Å². The van der Waals surface area contributed by atoms with Crippen LogP contribution in [0.2, 0.25) is 0 Å². The lowest BCUT2D eigenvalue weighted by atomic mass is 9.96. The van der Waals surface area contributed by atoms with Gasteiger partial charge in [0.1, 0.15) is 48.3 Å². The highest BCUT2D eigenvalue weighted by atomic mass is 16.2. The fourth-order valence-corrected chi connectivity index (χ4v) is 10.4. The van der Waals surface area contributed by atoms with Crippen molar-refractivity contribution in [1.82, 2.24) is 57.5 Å². The molecule has 9 amide bonds. The normalized spacial score (nSPS) is 14.8. The van der Waals surface area contributed by atoms with Crippen LogP contribution in [-0.2, 0) is 68.8 Å². The Morgan fingerprint density at radius 1 is 0.489 bits per heavy atom. The van der Waals surface area contributed by atoms with Crippen LogP contribution in [0.1, 0.15) is 114 Å². The summed E-state index contributed by atoms with van der Waals surface area (Å²) in [5.41, 5.74) is 37.9. The van der Waals surface area contributed by atoms with Crippen molar-refractivity contribution >= 4 is 70.0 Å². The summed E-state index contributed by atoms with van der Waals surface area (Å²) >= 11 is 0. The standard InChI is InChI=1S/C65H96N18O9/c1-5-39(3)54(56(69)84)82-59(87)49(28-16-18-30-67)76-58(86)48(27-15-17-29-66)77-62(90)53(35-44-37-72-38-75-44)80-60(88)50(32-41-20-9-7-10-21-41)81-64(92)55(40(4)6-2)83-63(91)51(33-42-22-11-8-12-23-42)79-61(89)52(34-43-36-74-47-26-14-13-24-45(43)47)78-57(85)46(68)25-19-31-73-65(70)71/h7-14,20-24,26,36-40,46,48-55,74H,5-6,15-19,25,27-35,66-68H2,1-4H3,(H2,69,84)(H,72,75)(H,76,86)(H,77,90)(H,78,85)(H,79,89)(H,80,88)(H,81,92)(H,82,87)(H,83,91)(H4,70,71,73)/t39-,40-,46-,48-,49-,50+,51+,52+,53-,54-,55-/m0/s1. The number of carbonyl (C=O) groups excluding carboxylic acids is 9. The Bertz CT molecular complexity index is 3180. The molecule has 2 heterocycles. The number of carbonyl (C=O) groups is 9. The zero-order valence-corrected chi connectivity index (χ0v) is 53.2. The molecular formula is C65H96N18O9. The predicted octanol–water partition coefficient (Wildman–Crippen LogP) is 0.256. The summed E-state index contributed by atoms with van der Waals surface area (Å²) in [5, 5.41) is 23.4. The maximum Gasteiger partial charge on any atom is 0.243 e. The van der Waals surface area contributed by atoms with Crippen LogP contribution < -0.4 is 76.9 Å². The van der Waals surface area contributed by atoms with Crippen LogP contribution >= 0.6 is 0 Å². The van der Waals surface area contributed by atoms with E-state index in [9.17, 15) is 43.2 Å². The molecule has 500 valence electrons. The van der Waals surface area contributed by atoms with E-state index in [1.807, 2.05) is 38.1 Å². The molecule has 92 heavy (non-hydrogen) atoms. The number of aliphatic imine (C=N–C) groups is 1. The first-order valence-corrected chi connectivity index (χ1v) is 31.7. The van der Waals surface area contributed by atoms with Crippen molar-refractivity contribution in [3.05, 3.63) is 126 Å². The molecule has 0 saturated carbocycles. The second-order valence-corrected chi connectivity index (χ2v) is 23.4. The van der Waals surface area contributed by atoms with E-state index in [1.165, 1.54) is 12.5 Å². The molecule has 0 saturated heterocycles. The highest BCUT2D eigenvalue weighted by Crippen LogP contribution is 2.21. The van der Waals surface area contributed by atoms with Gasteiger partial charge in [0.05, 0.1) is 12.4 Å². The fraction of sp³-hybridized carbons (Fsp3) is 0.492. The van der Waals surface area contributed by atoms with Gasteiger partial charge in [0.25, 0.3) is 0 Å². The zero-order chi connectivity index (χ0) is 67.1. The topological polar surface area (TPSA) is 463 Å². The average Bonchev–Trinajstić information content (AvgIpc) is 1.82. The number of nitrogens with two attached hydrogens (primary N) is 6. The lowest BCUT2D eigenvalue weighted by molar-refractivity contribution is -0.136. The Morgan fingerprint density at radius 2 is 0.935 bits per heavy atom.